The van der Waals surface area contributed by atoms with E-state index in [0.717, 1.165) is 33.3 Å². The molecule has 0 radical (unpaired) electrons. The Labute approximate surface area is 180 Å². The third kappa shape index (κ3) is 2.95. The first kappa shape index (κ1) is 19.2. The second kappa shape index (κ2) is 7.17. The smallest absolute Gasteiger partial charge is 0.339 e. The van der Waals surface area contributed by atoms with Gasteiger partial charge in [-0.25, -0.2) is 4.79 Å². The van der Waals surface area contributed by atoms with Crippen LogP contribution >= 0.6 is 0 Å². The standard InChI is InChI=1S/C27H23NO3/c1-17-20-15-9-10-16-21(20)28-24(17)22(18-11-5-3-6-12-18)23-25(29)27(2,31-26(23)30)19-13-7-4-8-14-19/h3-16,22,28-29H,1-2H3. The van der Waals surface area contributed by atoms with Gasteiger partial charge in [0.25, 0.3) is 0 Å². The van der Waals surface area contributed by atoms with Crippen molar-refractivity contribution in [2.45, 2.75) is 25.4 Å². The first-order valence-electron chi connectivity index (χ1n) is 10.4. The van der Waals surface area contributed by atoms with Crippen LogP contribution < -0.4 is 0 Å². The van der Waals surface area contributed by atoms with Crippen LogP contribution in [-0.4, -0.2) is 16.1 Å². The summed E-state index contributed by atoms with van der Waals surface area (Å²) in [5.41, 5.74) is 3.61. The number of aryl methyl sites for hydroxylation is 1. The average molecular weight is 409 g/mol. The van der Waals surface area contributed by atoms with Gasteiger partial charge in [-0.2, -0.15) is 0 Å². The molecule has 0 fully saturated rings. The third-order valence-electron chi connectivity index (χ3n) is 6.26. The van der Waals surface area contributed by atoms with Gasteiger partial charge in [-0.15, -0.1) is 0 Å². The van der Waals surface area contributed by atoms with Crippen molar-refractivity contribution >= 4 is 16.9 Å². The quantitative estimate of drug-likeness (QED) is 0.413. The van der Waals surface area contributed by atoms with E-state index in [2.05, 4.69) is 11.1 Å². The molecule has 4 aromatic rings. The molecule has 4 nitrogen and oxygen atoms in total. The minimum Gasteiger partial charge on any atom is -0.507 e. The van der Waals surface area contributed by atoms with Crippen molar-refractivity contribution in [1.29, 1.82) is 0 Å². The van der Waals surface area contributed by atoms with Crippen LogP contribution in [0.5, 0.6) is 0 Å². The monoisotopic (exact) mass is 409 g/mol. The molecule has 31 heavy (non-hydrogen) atoms. The van der Waals surface area contributed by atoms with Crippen molar-refractivity contribution in [3.8, 4) is 0 Å². The molecule has 2 N–H and O–H groups in total. The molecule has 0 saturated heterocycles. The number of carbonyl (C=O) groups is 1. The number of H-pyrrole nitrogens is 1. The minimum absolute atomic E-state index is 0.0457. The van der Waals surface area contributed by atoms with E-state index in [1.54, 1.807) is 6.92 Å². The van der Waals surface area contributed by atoms with E-state index < -0.39 is 17.5 Å². The fourth-order valence-electron chi connectivity index (χ4n) is 4.56. The zero-order chi connectivity index (χ0) is 21.6. The molecule has 1 aliphatic heterocycles. The SMILES string of the molecule is Cc1c(C(C2=C(O)C(C)(c3ccccc3)OC2=O)c2ccccc2)[nH]c2ccccc12. The number of para-hydroxylation sites is 1. The Balaban J connectivity index is 1.76. The summed E-state index contributed by atoms with van der Waals surface area (Å²) in [5, 5.41) is 12.5. The summed E-state index contributed by atoms with van der Waals surface area (Å²) < 4.78 is 5.82. The Bertz CT molecular complexity index is 1300. The number of aromatic amines is 1. The molecule has 0 amide bonds. The lowest BCUT2D eigenvalue weighted by Gasteiger charge is -2.23. The third-order valence-corrected chi connectivity index (χ3v) is 6.26. The van der Waals surface area contributed by atoms with Crippen LogP contribution in [0.2, 0.25) is 0 Å². The lowest BCUT2D eigenvalue weighted by Crippen LogP contribution is -2.25. The number of fused-ring (bicyclic) bond motifs is 1. The summed E-state index contributed by atoms with van der Waals surface area (Å²) in [6.45, 7) is 3.78. The summed E-state index contributed by atoms with van der Waals surface area (Å²) >= 11 is 0. The maximum absolute atomic E-state index is 13.2. The zero-order valence-electron chi connectivity index (χ0n) is 17.4. The molecule has 1 aliphatic rings. The molecule has 0 saturated carbocycles. The molecule has 2 heterocycles. The molecule has 2 unspecified atom stereocenters. The number of carbonyl (C=O) groups excluding carboxylic acids is 1. The second-order valence-corrected chi connectivity index (χ2v) is 8.10. The molecule has 0 spiro atoms. The number of esters is 1. The number of aliphatic hydroxyl groups is 1. The topological polar surface area (TPSA) is 62.3 Å². The Kier molecular flexibility index (Phi) is 4.44. The number of ether oxygens (including phenoxy) is 1. The number of benzene rings is 3. The number of nitrogens with one attached hydrogen (secondary N) is 1. The van der Waals surface area contributed by atoms with Crippen LogP contribution in [0.1, 0.15) is 35.2 Å². The van der Waals surface area contributed by atoms with Gasteiger partial charge in [0, 0.05) is 22.2 Å². The van der Waals surface area contributed by atoms with Crippen molar-refractivity contribution in [2.75, 3.05) is 0 Å². The maximum Gasteiger partial charge on any atom is 0.339 e. The van der Waals surface area contributed by atoms with Crippen molar-refractivity contribution in [3.63, 3.8) is 0 Å². The van der Waals surface area contributed by atoms with E-state index in [0.29, 0.717) is 0 Å². The highest BCUT2D eigenvalue weighted by Crippen LogP contribution is 2.47. The lowest BCUT2D eigenvalue weighted by molar-refractivity contribution is -0.147. The summed E-state index contributed by atoms with van der Waals surface area (Å²) in [6, 6.07) is 27.2. The highest BCUT2D eigenvalue weighted by Gasteiger charge is 2.49. The Morgan fingerprint density at radius 2 is 1.52 bits per heavy atom. The molecule has 0 bridgehead atoms. The van der Waals surface area contributed by atoms with Gasteiger partial charge in [-0.3, -0.25) is 0 Å². The summed E-state index contributed by atoms with van der Waals surface area (Å²) in [6.07, 6.45) is 0. The first-order valence-corrected chi connectivity index (χ1v) is 10.4. The van der Waals surface area contributed by atoms with Crippen molar-refractivity contribution in [2.24, 2.45) is 0 Å². The van der Waals surface area contributed by atoms with Crippen LogP contribution in [-0.2, 0) is 15.1 Å². The molecular formula is C27H23NO3. The van der Waals surface area contributed by atoms with Gasteiger partial charge in [0.1, 0.15) is 0 Å². The van der Waals surface area contributed by atoms with E-state index in [1.165, 1.54) is 0 Å². The van der Waals surface area contributed by atoms with E-state index in [4.69, 9.17) is 4.74 Å². The van der Waals surface area contributed by atoms with Crippen LogP contribution in [0.4, 0.5) is 0 Å². The Hall–Kier alpha value is -3.79. The predicted octanol–water partition coefficient (Wildman–Crippen LogP) is 5.89. The van der Waals surface area contributed by atoms with E-state index >= 15 is 0 Å². The number of cyclic esters (lactones) is 1. The molecule has 1 aromatic heterocycles. The highest BCUT2D eigenvalue weighted by molar-refractivity contribution is 5.96. The van der Waals surface area contributed by atoms with E-state index in [-0.39, 0.29) is 11.3 Å². The van der Waals surface area contributed by atoms with Crippen LogP contribution in [0.3, 0.4) is 0 Å². The molecule has 3 aromatic carbocycles. The van der Waals surface area contributed by atoms with E-state index in [1.807, 2.05) is 85.8 Å². The summed E-state index contributed by atoms with van der Waals surface area (Å²) in [5.74, 6) is -1.03. The molecule has 4 heteroatoms. The molecule has 2 atom stereocenters. The van der Waals surface area contributed by atoms with Crippen LogP contribution in [0.25, 0.3) is 10.9 Å². The minimum atomic E-state index is -1.22. The van der Waals surface area contributed by atoms with Gasteiger partial charge in [0.15, 0.2) is 11.4 Å². The van der Waals surface area contributed by atoms with Gasteiger partial charge in [0.2, 0.25) is 0 Å². The van der Waals surface area contributed by atoms with Crippen LogP contribution in [0.15, 0.2) is 96.3 Å². The average Bonchev–Trinajstić information content (AvgIpc) is 3.25. The normalized spacial score (nSPS) is 19.6. The maximum atomic E-state index is 13.2. The van der Waals surface area contributed by atoms with Crippen molar-refractivity contribution in [3.05, 3.63) is 119 Å². The van der Waals surface area contributed by atoms with Gasteiger partial charge in [-0.1, -0.05) is 78.9 Å². The van der Waals surface area contributed by atoms with Gasteiger partial charge in [0.05, 0.1) is 11.5 Å². The van der Waals surface area contributed by atoms with Gasteiger partial charge >= 0.3 is 5.97 Å². The number of rotatable bonds is 4. The largest absolute Gasteiger partial charge is 0.507 e. The molecule has 154 valence electrons. The Morgan fingerprint density at radius 1 is 0.903 bits per heavy atom. The van der Waals surface area contributed by atoms with Crippen LogP contribution in [0, 0.1) is 6.92 Å². The predicted molar refractivity (Wildman–Crippen MR) is 121 cm³/mol. The van der Waals surface area contributed by atoms with Gasteiger partial charge < -0.3 is 14.8 Å². The molecule has 5 rings (SSSR count). The van der Waals surface area contributed by atoms with Gasteiger partial charge in [-0.05, 0) is 31.0 Å². The Morgan fingerprint density at radius 3 is 2.19 bits per heavy atom. The second-order valence-electron chi connectivity index (χ2n) is 8.10. The lowest BCUT2D eigenvalue weighted by atomic mass is 9.83. The number of aromatic nitrogens is 1. The summed E-state index contributed by atoms with van der Waals surface area (Å²) in [4.78, 5) is 16.7. The fraction of sp³-hybridized carbons (Fsp3) is 0.148. The number of hydrogen-bond acceptors (Lipinski definition) is 3. The fourth-order valence-corrected chi connectivity index (χ4v) is 4.56. The molecule has 0 aliphatic carbocycles. The number of aliphatic hydroxyl groups excluding tert-OH is 1. The summed E-state index contributed by atoms with van der Waals surface area (Å²) in [7, 11) is 0. The zero-order valence-corrected chi connectivity index (χ0v) is 17.4. The molecular weight excluding hydrogens is 386 g/mol. The van der Waals surface area contributed by atoms with E-state index in [9.17, 15) is 9.90 Å². The highest BCUT2D eigenvalue weighted by atomic mass is 16.6. The van der Waals surface area contributed by atoms with Crippen molar-refractivity contribution in [1.82, 2.24) is 4.98 Å². The van der Waals surface area contributed by atoms with Crippen molar-refractivity contribution < 1.29 is 14.6 Å². The first-order chi connectivity index (χ1) is 15.0. The number of hydrogen-bond donors (Lipinski definition) is 2.